The molecule has 0 aliphatic carbocycles. The van der Waals surface area contributed by atoms with Gasteiger partial charge in [-0.3, -0.25) is 4.99 Å². The monoisotopic (exact) mass is 354 g/mol. The minimum absolute atomic E-state index is 0.0296. The molecule has 1 atom stereocenters. The van der Waals surface area contributed by atoms with E-state index in [9.17, 15) is 13.2 Å². The number of halogens is 3. The van der Waals surface area contributed by atoms with E-state index in [2.05, 4.69) is 5.32 Å². The maximum absolute atomic E-state index is 13.3. The maximum Gasteiger partial charge on any atom is 0.416 e. The number of piperidine rings is 1. The van der Waals surface area contributed by atoms with E-state index in [0.29, 0.717) is 11.1 Å². The Labute approximate surface area is 148 Å². The largest absolute Gasteiger partial charge is 0.416 e. The van der Waals surface area contributed by atoms with Crippen molar-refractivity contribution in [3.05, 3.63) is 34.9 Å². The third kappa shape index (κ3) is 5.06. The molecule has 1 unspecified atom stereocenters. The fourth-order valence-electron chi connectivity index (χ4n) is 3.29. The highest BCUT2D eigenvalue weighted by molar-refractivity contribution is 5.87. The summed E-state index contributed by atoms with van der Waals surface area (Å²) in [5, 5.41) is 3.45. The van der Waals surface area contributed by atoms with Crippen LogP contribution in [0.15, 0.2) is 23.2 Å². The summed E-state index contributed by atoms with van der Waals surface area (Å²) in [5.74, 6) is 0.0296. The fraction of sp³-hybridized carbons (Fsp3) is 0.650. The summed E-state index contributed by atoms with van der Waals surface area (Å²) in [6.45, 7) is 10.5. The standard InChI is InChI=1S/C20H29F3N2/c1-13(2)15-10-16(12-17(11-15)20(21,22)23)19(4,5)25-14(3)18-8-6-7-9-24-18/h10-13,18,24H,6-9H2,1-5H3. The second kappa shape index (κ2) is 7.48. The van der Waals surface area contributed by atoms with Crippen molar-refractivity contribution in [3.63, 3.8) is 0 Å². The molecule has 0 spiro atoms. The minimum Gasteiger partial charge on any atom is -0.309 e. The highest BCUT2D eigenvalue weighted by Crippen LogP contribution is 2.36. The van der Waals surface area contributed by atoms with Gasteiger partial charge in [0.1, 0.15) is 0 Å². The first-order valence-corrected chi connectivity index (χ1v) is 9.03. The molecule has 1 aromatic rings. The highest BCUT2D eigenvalue weighted by Gasteiger charge is 2.33. The molecule has 0 amide bonds. The zero-order valence-corrected chi connectivity index (χ0v) is 15.8. The molecule has 1 heterocycles. The molecule has 1 saturated heterocycles. The smallest absolute Gasteiger partial charge is 0.309 e. The van der Waals surface area contributed by atoms with E-state index in [1.54, 1.807) is 0 Å². The van der Waals surface area contributed by atoms with Gasteiger partial charge in [-0.1, -0.05) is 26.3 Å². The van der Waals surface area contributed by atoms with Crippen molar-refractivity contribution in [1.29, 1.82) is 0 Å². The summed E-state index contributed by atoms with van der Waals surface area (Å²) in [6.07, 6.45) is -0.991. The van der Waals surface area contributed by atoms with E-state index in [-0.39, 0.29) is 12.0 Å². The predicted molar refractivity (Wildman–Crippen MR) is 97.3 cm³/mol. The first kappa shape index (κ1) is 20.0. The van der Waals surface area contributed by atoms with E-state index in [4.69, 9.17) is 4.99 Å². The molecule has 25 heavy (non-hydrogen) atoms. The van der Waals surface area contributed by atoms with Crippen molar-refractivity contribution >= 4 is 5.71 Å². The lowest BCUT2D eigenvalue weighted by Gasteiger charge is -2.28. The van der Waals surface area contributed by atoms with E-state index < -0.39 is 17.3 Å². The minimum atomic E-state index is -4.35. The van der Waals surface area contributed by atoms with Crippen LogP contribution in [0, 0.1) is 0 Å². The fourth-order valence-corrected chi connectivity index (χ4v) is 3.29. The van der Waals surface area contributed by atoms with Crippen molar-refractivity contribution < 1.29 is 13.2 Å². The molecule has 1 aliphatic rings. The van der Waals surface area contributed by atoms with Gasteiger partial charge in [-0.25, -0.2) is 0 Å². The molecule has 1 fully saturated rings. The predicted octanol–water partition coefficient (Wildman–Crippen LogP) is 5.67. The first-order chi connectivity index (χ1) is 11.5. The Bertz CT molecular complexity index is 624. The van der Waals surface area contributed by atoms with Crippen LogP contribution >= 0.6 is 0 Å². The van der Waals surface area contributed by atoms with Crippen LogP contribution in [0.5, 0.6) is 0 Å². The zero-order valence-electron chi connectivity index (χ0n) is 15.8. The summed E-state index contributed by atoms with van der Waals surface area (Å²) < 4.78 is 39.9. The number of rotatable bonds is 4. The third-order valence-corrected chi connectivity index (χ3v) is 4.93. The second-order valence-corrected chi connectivity index (χ2v) is 7.81. The number of hydrogen-bond donors (Lipinski definition) is 1. The molecule has 0 aromatic heterocycles. The van der Waals surface area contributed by atoms with Gasteiger partial charge in [0.2, 0.25) is 0 Å². The van der Waals surface area contributed by atoms with Crippen LogP contribution in [0.4, 0.5) is 13.2 Å². The van der Waals surface area contributed by atoms with Crippen LogP contribution in [0.1, 0.15) is 76.5 Å². The molecule has 2 rings (SSSR count). The molecule has 1 N–H and O–H groups in total. The van der Waals surface area contributed by atoms with Crippen molar-refractivity contribution in [2.45, 2.75) is 77.6 Å². The van der Waals surface area contributed by atoms with Crippen LogP contribution in [0.2, 0.25) is 0 Å². The first-order valence-electron chi connectivity index (χ1n) is 9.03. The highest BCUT2D eigenvalue weighted by atomic mass is 19.4. The van der Waals surface area contributed by atoms with E-state index in [1.165, 1.54) is 18.6 Å². The van der Waals surface area contributed by atoms with Crippen molar-refractivity contribution in [1.82, 2.24) is 5.32 Å². The molecular formula is C20H29F3N2. The molecule has 0 bridgehead atoms. The van der Waals surface area contributed by atoms with Crippen molar-refractivity contribution in [2.75, 3.05) is 6.54 Å². The molecular weight excluding hydrogens is 325 g/mol. The molecule has 0 radical (unpaired) electrons. The summed E-state index contributed by atoms with van der Waals surface area (Å²) in [6, 6.07) is 4.59. The molecule has 0 saturated carbocycles. The average Bonchev–Trinajstić information content (AvgIpc) is 2.54. The number of hydrogen-bond acceptors (Lipinski definition) is 2. The average molecular weight is 354 g/mol. The summed E-state index contributed by atoms with van der Waals surface area (Å²) in [7, 11) is 0. The number of nitrogens with zero attached hydrogens (tertiary/aromatic N) is 1. The lowest BCUT2D eigenvalue weighted by Crippen LogP contribution is -2.40. The molecule has 1 aromatic carbocycles. The molecule has 5 heteroatoms. The Hall–Kier alpha value is -1.36. The van der Waals surface area contributed by atoms with Crippen LogP contribution in [0.3, 0.4) is 0 Å². The quantitative estimate of drug-likeness (QED) is 0.693. The zero-order chi connectivity index (χ0) is 18.8. The van der Waals surface area contributed by atoms with Crippen LogP contribution < -0.4 is 5.32 Å². The van der Waals surface area contributed by atoms with Crippen molar-refractivity contribution in [3.8, 4) is 0 Å². The molecule has 1 aliphatic heterocycles. The lowest BCUT2D eigenvalue weighted by atomic mass is 9.88. The van der Waals surface area contributed by atoms with Gasteiger partial charge in [0, 0.05) is 11.8 Å². The molecule has 140 valence electrons. The Morgan fingerprint density at radius 3 is 2.28 bits per heavy atom. The summed E-state index contributed by atoms with van der Waals surface area (Å²) >= 11 is 0. The van der Waals surface area contributed by atoms with Crippen LogP contribution in [-0.2, 0) is 11.7 Å². The third-order valence-electron chi connectivity index (χ3n) is 4.93. The van der Waals surface area contributed by atoms with Crippen LogP contribution in [0.25, 0.3) is 0 Å². The van der Waals surface area contributed by atoms with Gasteiger partial charge in [-0.2, -0.15) is 13.2 Å². The number of alkyl halides is 3. The summed E-state index contributed by atoms with van der Waals surface area (Å²) in [5.41, 5.74) is 0.982. The van der Waals surface area contributed by atoms with Crippen molar-refractivity contribution in [2.24, 2.45) is 4.99 Å². The normalized spacial score (nSPS) is 20.2. The second-order valence-electron chi connectivity index (χ2n) is 7.81. The Morgan fingerprint density at radius 2 is 1.76 bits per heavy atom. The van der Waals surface area contributed by atoms with Gasteiger partial charge in [0.05, 0.1) is 11.1 Å². The number of benzene rings is 1. The number of nitrogens with one attached hydrogen (secondary N) is 1. The Balaban J connectivity index is 2.41. The lowest BCUT2D eigenvalue weighted by molar-refractivity contribution is -0.137. The van der Waals surface area contributed by atoms with E-state index in [1.807, 2.05) is 40.7 Å². The van der Waals surface area contributed by atoms with Gasteiger partial charge in [-0.15, -0.1) is 0 Å². The SMILES string of the molecule is CC(=NC(C)(C)c1cc(C(C)C)cc(C(F)(F)F)c1)C1CCCCN1. The van der Waals surface area contributed by atoms with E-state index >= 15 is 0 Å². The van der Waals surface area contributed by atoms with Gasteiger partial charge in [-0.05, 0) is 69.3 Å². The maximum atomic E-state index is 13.3. The number of aliphatic imine (C=N–C) groups is 1. The van der Waals surface area contributed by atoms with Gasteiger partial charge >= 0.3 is 6.18 Å². The van der Waals surface area contributed by atoms with Gasteiger partial charge in [0.15, 0.2) is 0 Å². The van der Waals surface area contributed by atoms with Gasteiger partial charge in [0.25, 0.3) is 0 Å². The van der Waals surface area contributed by atoms with E-state index in [0.717, 1.165) is 25.1 Å². The summed E-state index contributed by atoms with van der Waals surface area (Å²) in [4.78, 5) is 4.81. The Kier molecular flexibility index (Phi) is 5.97. The van der Waals surface area contributed by atoms with Gasteiger partial charge < -0.3 is 5.32 Å². The topological polar surface area (TPSA) is 24.4 Å². The Morgan fingerprint density at radius 1 is 1.12 bits per heavy atom. The molecule has 2 nitrogen and oxygen atoms in total. The van der Waals surface area contributed by atoms with Crippen LogP contribution in [-0.4, -0.2) is 18.3 Å².